The fraction of sp³-hybridized carbons (Fsp3) is 0.0357. The van der Waals surface area contributed by atoms with Crippen LogP contribution < -0.4 is 10.3 Å². The molecule has 0 fully saturated rings. The highest BCUT2D eigenvalue weighted by atomic mass is 32.2. The second-order valence-electron chi connectivity index (χ2n) is 8.11. The van der Waals surface area contributed by atoms with Gasteiger partial charge < -0.3 is 4.90 Å². The number of carbonyl (C=O) groups is 1. The van der Waals surface area contributed by atoms with Crippen molar-refractivity contribution in [3.05, 3.63) is 108 Å². The molecule has 1 aliphatic rings. The summed E-state index contributed by atoms with van der Waals surface area (Å²) >= 11 is 3.33. The van der Waals surface area contributed by atoms with Crippen LogP contribution in [0.3, 0.4) is 0 Å². The van der Waals surface area contributed by atoms with Gasteiger partial charge in [-0.2, -0.15) is 10.2 Å². The summed E-state index contributed by atoms with van der Waals surface area (Å²) in [5.41, 5.74) is 7.35. The van der Waals surface area contributed by atoms with Crippen LogP contribution in [0.5, 0.6) is 0 Å². The second kappa shape index (κ2) is 9.85. The Bertz CT molecular complexity index is 1500. The molecule has 0 atom stereocenters. The van der Waals surface area contributed by atoms with Gasteiger partial charge in [0.2, 0.25) is 0 Å². The summed E-state index contributed by atoms with van der Waals surface area (Å²) in [6, 6.07) is 30.2. The van der Waals surface area contributed by atoms with E-state index >= 15 is 0 Å². The number of nitrogens with one attached hydrogen (secondary N) is 1. The number of aromatic nitrogens is 2. The number of fused-ring (bicyclic) bond motifs is 2. The minimum absolute atomic E-state index is 0.160. The van der Waals surface area contributed by atoms with Crippen LogP contribution in [0.4, 0.5) is 11.4 Å². The lowest BCUT2D eigenvalue weighted by Gasteiger charge is -2.31. The number of hydrazone groups is 1. The smallest absolute Gasteiger partial charge is 0.260 e. The summed E-state index contributed by atoms with van der Waals surface area (Å²) in [7, 11) is 0. The van der Waals surface area contributed by atoms with Gasteiger partial charge in [-0.25, -0.2) is 10.1 Å². The molecule has 6 nitrogen and oxygen atoms in total. The number of carbonyl (C=O) groups excluding carboxylic acids is 1. The van der Waals surface area contributed by atoms with Crippen LogP contribution in [-0.4, -0.2) is 28.4 Å². The quantitative estimate of drug-likeness (QED) is 0.215. The van der Waals surface area contributed by atoms with Gasteiger partial charge >= 0.3 is 0 Å². The summed E-state index contributed by atoms with van der Waals surface area (Å²) in [4.78, 5) is 18.3. The summed E-state index contributed by atoms with van der Waals surface area (Å²) < 4.78 is 1.83. The van der Waals surface area contributed by atoms with Crippen LogP contribution in [0.25, 0.3) is 16.3 Å². The SMILES string of the molecule is O=C(CN1c2ccccc2Sc2ccccc21)NN=Cc1cn(-c2ccccc2)nc1-c1cccs1. The Morgan fingerprint density at radius 2 is 1.58 bits per heavy atom. The van der Waals surface area contributed by atoms with Crippen molar-refractivity contribution in [1.29, 1.82) is 0 Å². The van der Waals surface area contributed by atoms with Gasteiger partial charge in [0.1, 0.15) is 12.2 Å². The van der Waals surface area contributed by atoms with Crippen LogP contribution in [0.15, 0.2) is 117 Å². The minimum Gasteiger partial charge on any atom is -0.330 e. The predicted octanol–water partition coefficient (Wildman–Crippen LogP) is 6.35. The van der Waals surface area contributed by atoms with Crippen molar-refractivity contribution >= 4 is 46.6 Å². The maximum absolute atomic E-state index is 13.0. The zero-order valence-corrected chi connectivity index (χ0v) is 20.7. The lowest BCUT2D eigenvalue weighted by atomic mass is 10.2. The number of hydrogen-bond acceptors (Lipinski definition) is 6. The first-order valence-electron chi connectivity index (χ1n) is 11.4. The van der Waals surface area contributed by atoms with Crippen molar-refractivity contribution in [2.24, 2.45) is 5.10 Å². The number of rotatable bonds is 6. The summed E-state index contributed by atoms with van der Waals surface area (Å²) in [6.07, 6.45) is 3.59. The average Bonchev–Trinajstić information content (AvgIpc) is 3.59. The molecule has 8 heteroatoms. The van der Waals surface area contributed by atoms with E-state index < -0.39 is 0 Å². The Hall–Kier alpha value is -4.14. The normalized spacial score (nSPS) is 12.4. The van der Waals surface area contributed by atoms with Gasteiger partial charge in [-0.15, -0.1) is 11.3 Å². The van der Waals surface area contributed by atoms with E-state index in [2.05, 4.69) is 22.7 Å². The molecule has 0 radical (unpaired) electrons. The lowest BCUT2D eigenvalue weighted by Crippen LogP contribution is -2.33. The molecule has 176 valence electrons. The van der Waals surface area contributed by atoms with Crippen LogP contribution in [0.2, 0.25) is 0 Å². The number of anilines is 2. The number of amides is 1. The largest absolute Gasteiger partial charge is 0.330 e. The predicted molar refractivity (Wildman–Crippen MR) is 147 cm³/mol. The van der Waals surface area contributed by atoms with Crippen LogP contribution in [0, 0.1) is 0 Å². The van der Waals surface area contributed by atoms with E-state index in [0.29, 0.717) is 0 Å². The van der Waals surface area contributed by atoms with E-state index in [1.807, 2.05) is 100 Å². The highest BCUT2D eigenvalue weighted by molar-refractivity contribution is 7.99. The van der Waals surface area contributed by atoms with E-state index in [-0.39, 0.29) is 12.5 Å². The van der Waals surface area contributed by atoms with Gasteiger partial charge in [-0.05, 0) is 47.8 Å². The average molecular weight is 508 g/mol. The molecule has 1 amide bonds. The lowest BCUT2D eigenvalue weighted by molar-refractivity contribution is -0.119. The molecule has 0 unspecified atom stereocenters. The molecule has 0 spiro atoms. The van der Waals surface area contributed by atoms with E-state index in [1.165, 1.54) is 0 Å². The molecule has 3 aromatic carbocycles. The standard InChI is InChI=1S/C28H21N5OS2/c34-27(19-32-22-11-4-6-13-24(22)36-25-14-7-5-12-23(25)32)30-29-17-20-18-33(21-9-2-1-3-10-21)31-28(20)26-15-8-16-35-26/h1-18H,19H2,(H,30,34). The van der Waals surface area contributed by atoms with E-state index in [4.69, 9.17) is 5.10 Å². The molecule has 1 aliphatic heterocycles. The molecule has 36 heavy (non-hydrogen) atoms. The second-order valence-corrected chi connectivity index (χ2v) is 10.1. The van der Waals surface area contributed by atoms with Crippen molar-refractivity contribution in [3.63, 3.8) is 0 Å². The first-order chi connectivity index (χ1) is 17.8. The van der Waals surface area contributed by atoms with Crippen molar-refractivity contribution < 1.29 is 4.79 Å². The fourth-order valence-corrected chi connectivity index (χ4v) is 5.93. The van der Waals surface area contributed by atoms with Crippen LogP contribution in [0.1, 0.15) is 5.56 Å². The fourth-order valence-electron chi connectivity index (χ4n) is 4.10. The Morgan fingerprint density at radius 1 is 0.889 bits per heavy atom. The first-order valence-corrected chi connectivity index (χ1v) is 13.1. The molecule has 1 N–H and O–H groups in total. The molecular weight excluding hydrogens is 486 g/mol. The van der Waals surface area contributed by atoms with Crippen molar-refractivity contribution in [2.75, 3.05) is 11.4 Å². The van der Waals surface area contributed by atoms with Gasteiger partial charge in [-0.3, -0.25) is 4.79 Å². The third kappa shape index (κ3) is 4.44. The zero-order valence-electron chi connectivity index (χ0n) is 19.1. The van der Waals surface area contributed by atoms with Gasteiger partial charge in [0.25, 0.3) is 5.91 Å². The molecule has 0 saturated carbocycles. The maximum Gasteiger partial charge on any atom is 0.260 e. The summed E-state index contributed by atoms with van der Waals surface area (Å²) in [5.74, 6) is -0.198. The number of para-hydroxylation sites is 3. The molecule has 0 saturated heterocycles. The van der Waals surface area contributed by atoms with Crippen LogP contribution in [-0.2, 0) is 4.79 Å². The van der Waals surface area contributed by atoms with E-state index in [0.717, 1.165) is 43.0 Å². The third-order valence-electron chi connectivity index (χ3n) is 5.74. The molecule has 2 aromatic heterocycles. The Kier molecular flexibility index (Phi) is 6.11. The summed E-state index contributed by atoms with van der Waals surface area (Å²) in [6.45, 7) is 0.160. The zero-order chi connectivity index (χ0) is 24.3. The molecule has 6 rings (SSSR count). The topological polar surface area (TPSA) is 62.5 Å². The molecule has 0 bridgehead atoms. The number of benzene rings is 3. The maximum atomic E-state index is 13.0. The minimum atomic E-state index is -0.198. The van der Waals surface area contributed by atoms with Gasteiger partial charge in [0.15, 0.2) is 0 Å². The number of hydrogen-bond donors (Lipinski definition) is 1. The van der Waals surface area contributed by atoms with Gasteiger partial charge in [0.05, 0.1) is 28.2 Å². The Balaban J connectivity index is 1.23. The highest BCUT2D eigenvalue weighted by Gasteiger charge is 2.24. The molecule has 5 aromatic rings. The molecular formula is C28H21N5OS2. The Labute approximate surface area is 216 Å². The Morgan fingerprint density at radius 3 is 2.28 bits per heavy atom. The van der Waals surface area contributed by atoms with Gasteiger partial charge in [-0.1, -0.05) is 60.3 Å². The third-order valence-corrected chi connectivity index (χ3v) is 7.75. The van der Waals surface area contributed by atoms with E-state index in [1.54, 1.807) is 29.3 Å². The first kappa shape index (κ1) is 22.3. The highest BCUT2D eigenvalue weighted by Crippen LogP contribution is 2.47. The van der Waals surface area contributed by atoms with Crippen molar-refractivity contribution in [3.8, 4) is 16.3 Å². The number of thiophene rings is 1. The van der Waals surface area contributed by atoms with E-state index in [9.17, 15) is 4.79 Å². The molecule has 3 heterocycles. The monoisotopic (exact) mass is 507 g/mol. The number of nitrogens with zero attached hydrogens (tertiary/aromatic N) is 4. The van der Waals surface area contributed by atoms with Crippen molar-refractivity contribution in [1.82, 2.24) is 15.2 Å². The van der Waals surface area contributed by atoms with Gasteiger partial charge in [0, 0.05) is 21.6 Å². The summed E-state index contributed by atoms with van der Waals surface area (Å²) in [5, 5.41) is 11.1. The molecule has 0 aliphatic carbocycles. The van der Waals surface area contributed by atoms with Crippen LogP contribution >= 0.6 is 23.1 Å². The van der Waals surface area contributed by atoms with Crippen molar-refractivity contribution in [2.45, 2.75) is 9.79 Å².